The smallest absolute Gasteiger partial charge is 0.226 e. The van der Waals surface area contributed by atoms with E-state index in [1.54, 1.807) is 0 Å². The lowest BCUT2D eigenvalue weighted by Crippen LogP contribution is -2.49. The Balaban J connectivity index is 1.93. The second kappa shape index (κ2) is 2.71. The van der Waals surface area contributed by atoms with Crippen LogP contribution in [0.5, 0.6) is 0 Å². The van der Waals surface area contributed by atoms with E-state index in [1.165, 1.54) is 0 Å². The molecule has 13 heavy (non-hydrogen) atoms. The van der Waals surface area contributed by atoms with Crippen LogP contribution in [0, 0.1) is 5.41 Å². The van der Waals surface area contributed by atoms with Crippen molar-refractivity contribution >= 4 is 5.91 Å². The molecule has 0 spiro atoms. The number of amides is 1. The van der Waals surface area contributed by atoms with Crippen LogP contribution in [0.2, 0.25) is 0 Å². The SMILES string of the molecule is CC1(NC(=O)C2(C)CC2)CCNC1. The first-order chi connectivity index (χ1) is 6.04. The number of rotatable bonds is 2. The van der Waals surface area contributed by atoms with Crippen LogP contribution in [0.4, 0.5) is 0 Å². The fourth-order valence-electron chi connectivity index (χ4n) is 1.76. The molecule has 0 bridgehead atoms. The average molecular weight is 182 g/mol. The summed E-state index contributed by atoms with van der Waals surface area (Å²) in [7, 11) is 0. The number of nitrogens with one attached hydrogen (secondary N) is 2. The summed E-state index contributed by atoms with van der Waals surface area (Å²) in [5.41, 5.74) is -0.0334. The monoisotopic (exact) mass is 182 g/mol. The Labute approximate surface area is 79.3 Å². The van der Waals surface area contributed by atoms with Crippen LogP contribution >= 0.6 is 0 Å². The predicted octanol–water partition coefficient (Wildman–Crippen LogP) is 0.655. The van der Waals surface area contributed by atoms with E-state index in [2.05, 4.69) is 17.6 Å². The van der Waals surface area contributed by atoms with Gasteiger partial charge < -0.3 is 10.6 Å². The third kappa shape index (κ3) is 1.70. The molecule has 2 N–H and O–H groups in total. The van der Waals surface area contributed by atoms with Gasteiger partial charge in [0.25, 0.3) is 0 Å². The summed E-state index contributed by atoms with van der Waals surface area (Å²) in [6.07, 6.45) is 3.17. The van der Waals surface area contributed by atoms with E-state index in [9.17, 15) is 4.79 Å². The van der Waals surface area contributed by atoms with Gasteiger partial charge in [0.2, 0.25) is 5.91 Å². The molecule has 1 saturated carbocycles. The number of hydrogen-bond donors (Lipinski definition) is 2. The van der Waals surface area contributed by atoms with E-state index < -0.39 is 0 Å². The van der Waals surface area contributed by atoms with Crippen LogP contribution < -0.4 is 10.6 Å². The van der Waals surface area contributed by atoms with Crippen molar-refractivity contribution in [2.45, 2.75) is 38.6 Å². The number of carbonyl (C=O) groups is 1. The van der Waals surface area contributed by atoms with Crippen LogP contribution in [-0.2, 0) is 4.79 Å². The second-order valence-electron chi connectivity index (χ2n) is 5.00. The maximum absolute atomic E-state index is 11.7. The highest BCUT2D eigenvalue weighted by Gasteiger charge is 2.47. The van der Waals surface area contributed by atoms with E-state index in [4.69, 9.17) is 0 Å². The van der Waals surface area contributed by atoms with Gasteiger partial charge in [0.15, 0.2) is 0 Å². The lowest BCUT2D eigenvalue weighted by molar-refractivity contribution is -0.127. The Hall–Kier alpha value is -0.570. The summed E-state index contributed by atoms with van der Waals surface area (Å²) in [5.74, 6) is 0.249. The minimum Gasteiger partial charge on any atom is -0.349 e. The molecule has 1 amide bonds. The molecule has 2 fully saturated rings. The molecular formula is C10H18N2O. The molecule has 1 unspecified atom stereocenters. The highest BCUT2D eigenvalue weighted by molar-refractivity contribution is 5.85. The summed E-state index contributed by atoms with van der Waals surface area (Å²) < 4.78 is 0. The highest BCUT2D eigenvalue weighted by Crippen LogP contribution is 2.45. The lowest BCUT2D eigenvalue weighted by Gasteiger charge is -2.26. The minimum absolute atomic E-state index is 0.00266. The number of hydrogen-bond acceptors (Lipinski definition) is 2. The summed E-state index contributed by atoms with van der Waals surface area (Å²) in [5, 5.41) is 6.43. The molecule has 2 aliphatic rings. The van der Waals surface area contributed by atoms with Crippen molar-refractivity contribution in [3.05, 3.63) is 0 Å². The molecule has 1 saturated heterocycles. The van der Waals surface area contributed by atoms with Crippen LogP contribution in [0.1, 0.15) is 33.1 Å². The molecule has 1 atom stereocenters. The Bertz CT molecular complexity index is 227. The zero-order valence-electron chi connectivity index (χ0n) is 8.44. The largest absolute Gasteiger partial charge is 0.349 e. The van der Waals surface area contributed by atoms with Gasteiger partial charge in [-0.1, -0.05) is 6.92 Å². The van der Waals surface area contributed by atoms with E-state index >= 15 is 0 Å². The molecule has 1 aliphatic heterocycles. The molecule has 1 aliphatic carbocycles. The van der Waals surface area contributed by atoms with Gasteiger partial charge in [-0.2, -0.15) is 0 Å². The molecule has 74 valence electrons. The minimum atomic E-state index is -0.0361. The topological polar surface area (TPSA) is 41.1 Å². The van der Waals surface area contributed by atoms with Crippen molar-refractivity contribution in [3.63, 3.8) is 0 Å². The van der Waals surface area contributed by atoms with Gasteiger partial charge in [-0.15, -0.1) is 0 Å². The molecule has 0 aromatic heterocycles. The van der Waals surface area contributed by atoms with Crippen LogP contribution in [-0.4, -0.2) is 24.5 Å². The van der Waals surface area contributed by atoms with Crippen molar-refractivity contribution in [2.24, 2.45) is 5.41 Å². The fraction of sp³-hybridized carbons (Fsp3) is 0.900. The van der Waals surface area contributed by atoms with Crippen molar-refractivity contribution in [2.75, 3.05) is 13.1 Å². The number of carbonyl (C=O) groups excluding carboxylic acids is 1. The summed E-state index contributed by atoms with van der Waals surface area (Å²) in [6, 6.07) is 0. The van der Waals surface area contributed by atoms with E-state index in [-0.39, 0.29) is 16.9 Å². The maximum atomic E-state index is 11.7. The van der Waals surface area contributed by atoms with Crippen molar-refractivity contribution in [3.8, 4) is 0 Å². The normalized spacial score (nSPS) is 35.8. The zero-order chi connectivity index (χ0) is 9.53. The zero-order valence-corrected chi connectivity index (χ0v) is 8.44. The van der Waals surface area contributed by atoms with Crippen LogP contribution in [0.25, 0.3) is 0 Å². The first-order valence-electron chi connectivity index (χ1n) is 5.08. The van der Waals surface area contributed by atoms with Crippen molar-refractivity contribution in [1.29, 1.82) is 0 Å². The molecule has 3 nitrogen and oxygen atoms in total. The summed E-state index contributed by atoms with van der Waals surface area (Å²) in [4.78, 5) is 11.7. The molecular weight excluding hydrogens is 164 g/mol. The van der Waals surface area contributed by atoms with E-state index in [0.717, 1.165) is 32.4 Å². The van der Waals surface area contributed by atoms with Gasteiger partial charge >= 0.3 is 0 Å². The Morgan fingerprint density at radius 2 is 2.00 bits per heavy atom. The molecule has 2 rings (SSSR count). The first-order valence-corrected chi connectivity index (χ1v) is 5.08. The van der Waals surface area contributed by atoms with Gasteiger partial charge in [-0.25, -0.2) is 0 Å². The van der Waals surface area contributed by atoms with Crippen LogP contribution in [0.15, 0.2) is 0 Å². The highest BCUT2D eigenvalue weighted by atomic mass is 16.2. The molecule has 0 radical (unpaired) electrons. The summed E-state index contributed by atoms with van der Waals surface area (Å²) in [6.45, 7) is 6.10. The second-order valence-corrected chi connectivity index (χ2v) is 5.00. The Morgan fingerprint density at radius 3 is 2.46 bits per heavy atom. The van der Waals surface area contributed by atoms with Crippen molar-refractivity contribution < 1.29 is 4.79 Å². The molecule has 3 heteroatoms. The fourth-order valence-corrected chi connectivity index (χ4v) is 1.76. The maximum Gasteiger partial charge on any atom is 0.226 e. The van der Waals surface area contributed by atoms with Gasteiger partial charge in [-0.3, -0.25) is 4.79 Å². The lowest BCUT2D eigenvalue weighted by atomic mass is 9.99. The Morgan fingerprint density at radius 1 is 1.31 bits per heavy atom. The standard InChI is InChI=1S/C10H18N2O/c1-9(3-4-9)8(13)12-10(2)5-6-11-7-10/h11H,3-7H2,1-2H3,(H,12,13). The first kappa shape index (κ1) is 9.00. The average Bonchev–Trinajstić information content (AvgIpc) is 2.67. The van der Waals surface area contributed by atoms with Gasteiger partial charge in [-0.05, 0) is 32.7 Å². The molecule has 0 aromatic rings. The Kier molecular flexibility index (Phi) is 1.88. The quantitative estimate of drug-likeness (QED) is 0.658. The van der Waals surface area contributed by atoms with E-state index in [0.29, 0.717) is 0 Å². The van der Waals surface area contributed by atoms with Crippen molar-refractivity contribution in [1.82, 2.24) is 10.6 Å². The summed E-state index contributed by atoms with van der Waals surface area (Å²) >= 11 is 0. The molecule has 0 aromatic carbocycles. The van der Waals surface area contributed by atoms with Crippen LogP contribution in [0.3, 0.4) is 0 Å². The van der Waals surface area contributed by atoms with Gasteiger partial charge in [0.05, 0.1) is 5.54 Å². The van der Waals surface area contributed by atoms with Gasteiger partial charge in [0.1, 0.15) is 0 Å². The van der Waals surface area contributed by atoms with E-state index in [1.807, 2.05) is 6.92 Å². The third-order valence-corrected chi connectivity index (χ3v) is 3.33. The third-order valence-electron chi connectivity index (χ3n) is 3.33. The molecule has 1 heterocycles. The van der Waals surface area contributed by atoms with Gasteiger partial charge in [0, 0.05) is 12.0 Å². The predicted molar refractivity (Wildman–Crippen MR) is 51.4 cm³/mol.